The molecule has 0 amide bonds. The minimum absolute atomic E-state index is 0.531. The summed E-state index contributed by atoms with van der Waals surface area (Å²) in [7, 11) is 0. The number of hydrogen-bond acceptors (Lipinski definition) is 5. The van der Waals surface area contributed by atoms with E-state index in [1.165, 1.54) is 5.75 Å². The Morgan fingerprint density at radius 3 is 3.19 bits per heavy atom. The van der Waals surface area contributed by atoms with Gasteiger partial charge in [0.15, 0.2) is 0 Å². The molecular formula is C10H17N5S. The molecule has 3 N–H and O–H groups in total. The van der Waals surface area contributed by atoms with E-state index in [1.54, 1.807) is 0 Å². The highest BCUT2D eigenvalue weighted by Gasteiger charge is 2.22. The first kappa shape index (κ1) is 10.4. The largest absolute Gasteiger partial charge is 0.369 e. The molecule has 5 nitrogen and oxygen atoms in total. The molecule has 0 saturated carbocycles. The molecule has 1 atom stereocenters. The van der Waals surface area contributed by atoms with Gasteiger partial charge in [-0.05, 0) is 0 Å². The minimum atomic E-state index is 0.531. The Balaban J connectivity index is 1.58. The summed E-state index contributed by atoms with van der Waals surface area (Å²) in [5.74, 6) is 3.43. The molecule has 2 aliphatic heterocycles. The number of thioether (sulfide) groups is 1. The molecule has 2 saturated heterocycles. The first-order valence-corrected chi connectivity index (χ1v) is 6.88. The summed E-state index contributed by atoms with van der Waals surface area (Å²) in [6.45, 7) is 3.06. The van der Waals surface area contributed by atoms with E-state index in [0.29, 0.717) is 12.1 Å². The Kier molecular flexibility index (Phi) is 3.03. The third kappa shape index (κ3) is 2.05. The molecule has 0 radical (unpaired) electrons. The van der Waals surface area contributed by atoms with Gasteiger partial charge in [-0.1, -0.05) is 0 Å². The Morgan fingerprint density at radius 1 is 1.56 bits per heavy atom. The van der Waals surface area contributed by atoms with E-state index in [4.69, 9.17) is 0 Å². The second-order valence-corrected chi connectivity index (χ2v) is 5.30. The van der Waals surface area contributed by atoms with E-state index in [2.05, 4.69) is 31.8 Å². The van der Waals surface area contributed by atoms with Crippen molar-refractivity contribution < 1.29 is 0 Å². The van der Waals surface area contributed by atoms with Crippen LogP contribution in [-0.4, -0.2) is 47.1 Å². The average Bonchev–Trinajstić information content (AvgIpc) is 2.82. The normalized spacial score (nSPS) is 25.6. The van der Waals surface area contributed by atoms with Crippen molar-refractivity contribution in [2.45, 2.75) is 12.1 Å². The maximum absolute atomic E-state index is 4.37. The zero-order valence-electron chi connectivity index (χ0n) is 9.15. The molecule has 3 rings (SSSR count). The first-order valence-electron chi connectivity index (χ1n) is 5.73. The highest BCUT2D eigenvalue weighted by molar-refractivity contribution is 7.99. The van der Waals surface area contributed by atoms with Gasteiger partial charge in [0.25, 0.3) is 0 Å². The zero-order chi connectivity index (χ0) is 10.8. The van der Waals surface area contributed by atoms with E-state index < -0.39 is 0 Å². The van der Waals surface area contributed by atoms with Crippen molar-refractivity contribution in [2.24, 2.45) is 0 Å². The summed E-state index contributed by atoms with van der Waals surface area (Å²) in [5.41, 5.74) is 0. The Hall–Kier alpha value is -0.720. The highest BCUT2D eigenvalue weighted by Crippen LogP contribution is 2.18. The molecule has 0 spiro atoms. The summed E-state index contributed by atoms with van der Waals surface area (Å²) < 4.78 is 2.10. The molecule has 1 unspecified atom stereocenters. The third-order valence-electron chi connectivity index (χ3n) is 3.10. The van der Waals surface area contributed by atoms with Crippen molar-refractivity contribution in [3.63, 3.8) is 0 Å². The second-order valence-electron chi connectivity index (χ2n) is 4.27. The summed E-state index contributed by atoms with van der Waals surface area (Å²) in [6.07, 6.45) is 1.87. The lowest BCUT2D eigenvalue weighted by molar-refractivity contribution is 0.321. The van der Waals surface area contributed by atoms with Crippen molar-refractivity contribution in [3.05, 3.63) is 12.3 Å². The van der Waals surface area contributed by atoms with Crippen molar-refractivity contribution >= 4 is 17.6 Å². The van der Waals surface area contributed by atoms with Gasteiger partial charge in [-0.2, -0.15) is 5.10 Å². The van der Waals surface area contributed by atoms with Crippen LogP contribution in [0.5, 0.6) is 0 Å². The fraction of sp³-hybridized carbons (Fsp3) is 0.700. The van der Waals surface area contributed by atoms with E-state index >= 15 is 0 Å². The van der Waals surface area contributed by atoms with E-state index in [9.17, 15) is 0 Å². The topological polar surface area (TPSA) is 53.9 Å². The van der Waals surface area contributed by atoms with Crippen LogP contribution in [0.4, 0.5) is 5.82 Å². The molecule has 0 aliphatic carbocycles. The predicted octanol–water partition coefficient (Wildman–Crippen LogP) is 0.102. The number of nitrogens with zero attached hydrogens (tertiary/aromatic N) is 2. The molecule has 2 aliphatic rings. The van der Waals surface area contributed by atoms with Crippen LogP contribution >= 0.6 is 11.8 Å². The van der Waals surface area contributed by atoms with Crippen molar-refractivity contribution in [3.8, 4) is 0 Å². The molecule has 1 aromatic heterocycles. The number of anilines is 1. The summed E-state index contributed by atoms with van der Waals surface area (Å²) in [6, 6.07) is 3.18. The van der Waals surface area contributed by atoms with Gasteiger partial charge in [-0.25, -0.2) is 4.68 Å². The van der Waals surface area contributed by atoms with Crippen LogP contribution < -0.4 is 16.0 Å². The molecule has 1 aromatic rings. The maximum Gasteiger partial charge on any atom is 0.124 e. The standard InChI is InChI=1S/C10H17N5S/c1-2-14-15(9-4-11-5-9)10(1)12-3-8-6-16-7-13-8/h1-2,8-9,11-13H,3-7H2. The van der Waals surface area contributed by atoms with Gasteiger partial charge in [0.2, 0.25) is 0 Å². The summed E-state index contributed by atoms with van der Waals surface area (Å²) in [4.78, 5) is 0. The number of rotatable bonds is 4. The lowest BCUT2D eigenvalue weighted by Crippen LogP contribution is -2.44. The van der Waals surface area contributed by atoms with Crippen LogP contribution in [0.25, 0.3) is 0 Å². The molecule has 0 aromatic carbocycles. The monoisotopic (exact) mass is 239 g/mol. The Morgan fingerprint density at radius 2 is 2.50 bits per heavy atom. The summed E-state index contributed by atoms with van der Waals surface area (Å²) in [5, 5.41) is 14.6. The second kappa shape index (κ2) is 4.65. The molecule has 3 heterocycles. The van der Waals surface area contributed by atoms with Crippen LogP contribution in [-0.2, 0) is 0 Å². The van der Waals surface area contributed by atoms with Crippen LogP contribution in [0.2, 0.25) is 0 Å². The zero-order valence-corrected chi connectivity index (χ0v) is 9.96. The molecule has 2 fully saturated rings. The average molecular weight is 239 g/mol. The quantitative estimate of drug-likeness (QED) is 0.696. The van der Waals surface area contributed by atoms with Crippen LogP contribution in [0.3, 0.4) is 0 Å². The summed E-state index contributed by atoms with van der Waals surface area (Å²) >= 11 is 1.96. The smallest absolute Gasteiger partial charge is 0.124 e. The van der Waals surface area contributed by atoms with Crippen LogP contribution in [0.1, 0.15) is 6.04 Å². The molecule has 6 heteroatoms. The van der Waals surface area contributed by atoms with Crippen LogP contribution in [0, 0.1) is 0 Å². The van der Waals surface area contributed by atoms with Gasteiger partial charge in [-0.3, -0.25) is 0 Å². The van der Waals surface area contributed by atoms with Crippen molar-refractivity contribution in [1.29, 1.82) is 0 Å². The van der Waals surface area contributed by atoms with Gasteiger partial charge < -0.3 is 16.0 Å². The van der Waals surface area contributed by atoms with Gasteiger partial charge in [-0.15, -0.1) is 11.8 Å². The Bertz CT molecular complexity index is 343. The van der Waals surface area contributed by atoms with Gasteiger partial charge in [0.1, 0.15) is 5.82 Å². The number of aromatic nitrogens is 2. The SMILES string of the molecule is c1cc(NCC2CSCN2)n(C2CNC2)n1. The number of nitrogens with one attached hydrogen (secondary N) is 3. The fourth-order valence-corrected chi connectivity index (χ4v) is 2.98. The molecule has 88 valence electrons. The van der Waals surface area contributed by atoms with E-state index in [0.717, 1.165) is 31.3 Å². The van der Waals surface area contributed by atoms with Gasteiger partial charge in [0, 0.05) is 43.4 Å². The maximum atomic E-state index is 4.37. The predicted molar refractivity (Wildman–Crippen MR) is 66.9 cm³/mol. The number of hydrogen-bond donors (Lipinski definition) is 3. The molecule has 0 bridgehead atoms. The molecular weight excluding hydrogens is 222 g/mol. The third-order valence-corrected chi connectivity index (χ3v) is 4.11. The van der Waals surface area contributed by atoms with Crippen molar-refractivity contribution in [1.82, 2.24) is 20.4 Å². The lowest BCUT2D eigenvalue weighted by Gasteiger charge is -2.29. The van der Waals surface area contributed by atoms with E-state index in [-0.39, 0.29) is 0 Å². The van der Waals surface area contributed by atoms with Gasteiger partial charge in [0.05, 0.1) is 12.2 Å². The van der Waals surface area contributed by atoms with Crippen LogP contribution in [0.15, 0.2) is 12.3 Å². The van der Waals surface area contributed by atoms with Gasteiger partial charge >= 0.3 is 0 Å². The minimum Gasteiger partial charge on any atom is -0.369 e. The molecule has 16 heavy (non-hydrogen) atoms. The highest BCUT2D eigenvalue weighted by atomic mass is 32.2. The fourth-order valence-electron chi connectivity index (χ4n) is 1.99. The van der Waals surface area contributed by atoms with Crippen molar-refractivity contribution in [2.75, 3.05) is 36.6 Å². The lowest BCUT2D eigenvalue weighted by atomic mass is 10.2. The first-order chi connectivity index (χ1) is 7.93. The van der Waals surface area contributed by atoms with E-state index in [1.807, 2.05) is 18.0 Å². The Labute approximate surface area is 99.4 Å².